The highest BCUT2D eigenvalue weighted by atomic mass is 32.1. The molecule has 2 heterocycles. The third-order valence-corrected chi connectivity index (χ3v) is 4.89. The monoisotopic (exact) mass is 362 g/mol. The van der Waals surface area contributed by atoms with Gasteiger partial charge in [0.15, 0.2) is 5.13 Å². The van der Waals surface area contributed by atoms with Gasteiger partial charge in [-0.25, -0.2) is 9.37 Å². The summed E-state index contributed by atoms with van der Waals surface area (Å²) in [5.74, 6) is -1.44. The van der Waals surface area contributed by atoms with Crippen LogP contribution in [0.15, 0.2) is 29.6 Å². The molecule has 1 aliphatic heterocycles. The lowest BCUT2D eigenvalue weighted by atomic mass is 10.1. The Morgan fingerprint density at radius 3 is 2.68 bits per heavy atom. The van der Waals surface area contributed by atoms with Gasteiger partial charge in [0.25, 0.3) is 11.8 Å². The van der Waals surface area contributed by atoms with Gasteiger partial charge in [0.2, 0.25) is 0 Å². The Kier molecular flexibility index (Phi) is 5.40. The van der Waals surface area contributed by atoms with Gasteiger partial charge in [-0.1, -0.05) is 12.1 Å². The SMILES string of the molecule is CN1CCC(NC(=O)c2csc(NC(=O)c3ccccc3F)n2)CC1. The Balaban J connectivity index is 1.59. The molecule has 2 aromatic rings. The third kappa shape index (κ3) is 4.40. The summed E-state index contributed by atoms with van der Waals surface area (Å²) < 4.78 is 13.6. The number of benzene rings is 1. The third-order valence-electron chi connectivity index (χ3n) is 4.13. The number of nitrogens with one attached hydrogen (secondary N) is 2. The minimum atomic E-state index is -0.600. The number of halogens is 1. The van der Waals surface area contributed by atoms with Crippen molar-refractivity contribution in [2.45, 2.75) is 18.9 Å². The number of piperidine rings is 1. The Labute approximate surface area is 149 Å². The molecule has 2 N–H and O–H groups in total. The molecule has 8 heteroatoms. The lowest BCUT2D eigenvalue weighted by Gasteiger charge is -2.29. The normalized spacial score (nSPS) is 15.8. The van der Waals surface area contributed by atoms with Crippen LogP contribution in [0.1, 0.15) is 33.7 Å². The maximum absolute atomic E-state index is 13.6. The van der Waals surface area contributed by atoms with E-state index < -0.39 is 11.7 Å². The maximum atomic E-state index is 13.6. The van der Waals surface area contributed by atoms with E-state index in [4.69, 9.17) is 0 Å². The average Bonchev–Trinajstić information content (AvgIpc) is 3.06. The number of nitrogens with zero attached hydrogens (tertiary/aromatic N) is 2. The van der Waals surface area contributed by atoms with Crippen LogP contribution in [-0.4, -0.2) is 47.9 Å². The summed E-state index contributed by atoms with van der Waals surface area (Å²) in [5.41, 5.74) is 0.197. The highest BCUT2D eigenvalue weighted by Crippen LogP contribution is 2.18. The zero-order valence-electron chi connectivity index (χ0n) is 13.8. The van der Waals surface area contributed by atoms with E-state index in [-0.39, 0.29) is 28.3 Å². The lowest BCUT2D eigenvalue weighted by molar-refractivity contribution is 0.0911. The number of anilines is 1. The fraction of sp³-hybridized carbons (Fsp3) is 0.353. The van der Waals surface area contributed by atoms with Crippen molar-refractivity contribution in [3.8, 4) is 0 Å². The minimum absolute atomic E-state index is 0.0602. The molecular weight excluding hydrogens is 343 g/mol. The summed E-state index contributed by atoms with van der Waals surface area (Å²) in [6.45, 7) is 1.90. The van der Waals surface area contributed by atoms with E-state index in [1.807, 2.05) is 0 Å². The average molecular weight is 362 g/mol. The van der Waals surface area contributed by atoms with Gasteiger partial charge >= 0.3 is 0 Å². The standard InChI is InChI=1S/C17H19FN4O2S/c1-22-8-6-11(7-9-22)19-16(24)14-10-25-17(20-14)21-15(23)12-4-2-3-5-13(12)18/h2-5,10-11H,6-9H2,1H3,(H,19,24)(H,20,21,23). The first-order valence-electron chi connectivity index (χ1n) is 8.04. The Morgan fingerprint density at radius 1 is 1.24 bits per heavy atom. The maximum Gasteiger partial charge on any atom is 0.271 e. The first kappa shape index (κ1) is 17.5. The molecule has 0 unspecified atom stereocenters. The van der Waals surface area contributed by atoms with Crippen LogP contribution in [0.2, 0.25) is 0 Å². The molecule has 3 rings (SSSR count). The first-order chi connectivity index (χ1) is 12.0. The van der Waals surface area contributed by atoms with Crippen molar-refractivity contribution in [3.05, 3.63) is 46.7 Å². The van der Waals surface area contributed by atoms with Crippen molar-refractivity contribution in [3.63, 3.8) is 0 Å². The van der Waals surface area contributed by atoms with Gasteiger partial charge in [0, 0.05) is 11.4 Å². The highest BCUT2D eigenvalue weighted by Gasteiger charge is 2.21. The number of amides is 2. The molecule has 2 amide bonds. The molecule has 1 aromatic heterocycles. The van der Waals surface area contributed by atoms with E-state index in [1.165, 1.54) is 18.2 Å². The van der Waals surface area contributed by atoms with E-state index in [0.29, 0.717) is 0 Å². The summed E-state index contributed by atoms with van der Waals surface area (Å²) in [6.07, 6.45) is 1.81. The fourth-order valence-corrected chi connectivity index (χ4v) is 3.34. The Morgan fingerprint density at radius 2 is 1.96 bits per heavy atom. The van der Waals surface area contributed by atoms with Gasteiger partial charge in [-0.3, -0.25) is 14.9 Å². The van der Waals surface area contributed by atoms with E-state index >= 15 is 0 Å². The molecule has 1 saturated heterocycles. The Hall–Kier alpha value is -2.32. The summed E-state index contributed by atoms with van der Waals surface area (Å²) in [6, 6.07) is 5.85. The largest absolute Gasteiger partial charge is 0.348 e. The van der Waals surface area contributed by atoms with E-state index in [9.17, 15) is 14.0 Å². The van der Waals surface area contributed by atoms with Gasteiger partial charge in [-0.15, -0.1) is 11.3 Å². The van der Waals surface area contributed by atoms with Gasteiger partial charge in [-0.05, 0) is 45.1 Å². The predicted molar refractivity (Wildman–Crippen MR) is 94.5 cm³/mol. The molecular formula is C17H19FN4O2S. The molecule has 132 valence electrons. The quantitative estimate of drug-likeness (QED) is 0.876. The molecule has 0 atom stereocenters. The van der Waals surface area contributed by atoms with E-state index in [2.05, 4.69) is 27.6 Å². The second-order valence-electron chi connectivity index (χ2n) is 6.02. The highest BCUT2D eigenvalue weighted by molar-refractivity contribution is 7.14. The molecule has 1 aromatic carbocycles. The number of aromatic nitrogens is 1. The van der Waals surface area contributed by atoms with Crippen LogP contribution in [0, 0.1) is 5.82 Å². The number of likely N-dealkylation sites (tertiary alicyclic amines) is 1. The van der Waals surface area contributed by atoms with E-state index in [0.717, 1.165) is 37.3 Å². The molecule has 0 aliphatic carbocycles. The molecule has 0 spiro atoms. The van der Waals surface area contributed by atoms with Crippen LogP contribution in [0.4, 0.5) is 9.52 Å². The van der Waals surface area contributed by atoms with Gasteiger partial charge in [0.1, 0.15) is 11.5 Å². The van der Waals surface area contributed by atoms with Crippen LogP contribution in [0.25, 0.3) is 0 Å². The Bertz CT molecular complexity index is 772. The molecule has 1 fully saturated rings. The number of thiazole rings is 1. The fourth-order valence-electron chi connectivity index (χ4n) is 2.66. The number of hydrogen-bond acceptors (Lipinski definition) is 5. The van der Waals surface area contributed by atoms with Gasteiger partial charge < -0.3 is 10.2 Å². The van der Waals surface area contributed by atoms with Gasteiger partial charge in [-0.2, -0.15) is 0 Å². The second kappa shape index (κ2) is 7.71. The second-order valence-corrected chi connectivity index (χ2v) is 6.88. The van der Waals surface area contributed by atoms with Crippen LogP contribution in [-0.2, 0) is 0 Å². The molecule has 0 bridgehead atoms. The van der Waals surface area contributed by atoms with Crippen LogP contribution >= 0.6 is 11.3 Å². The summed E-state index contributed by atoms with van der Waals surface area (Å²) >= 11 is 1.13. The molecule has 25 heavy (non-hydrogen) atoms. The minimum Gasteiger partial charge on any atom is -0.348 e. The van der Waals surface area contributed by atoms with Crippen LogP contribution in [0.5, 0.6) is 0 Å². The topological polar surface area (TPSA) is 74.3 Å². The van der Waals surface area contributed by atoms with E-state index in [1.54, 1.807) is 11.4 Å². The number of carbonyl (C=O) groups is 2. The van der Waals surface area contributed by atoms with Gasteiger partial charge in [0.05, 0.1) is 5.56 Å². The zero-order chi connectivity index (χ0) is 17.8. The van der Waals surface area contributed by atoms with Crippen molar-refractivity contribution in [2.24, 2.45) is 0 Å². The van der Waals surface area contributed by atoms with Crippen LogP contribution < -0.4 is 10.6 Å². The van der Waals surface area contributed by atoms with Crippen LogP contribution in [0.3, 0.4) is 0 Å². The molecule has 1 aliphatic rings. The van der Waals surface area contributed by atoms with Crippen molar-refractivity contribution in [1.82, 2.24) is 15.2 Å². The summed E-state index contributed by atoms with van der Waals surface area (Å²) in [5, 5.41) is 7.34. The number of hydrogen-bond donors (Lipinski definition) is 2. The van der Waals surface area contributed by atoms with Crippen molar-refractivity contribution in [1.29, 1.82) is 0 Å². The molecule has 0 saturated carbocycles. The van der Waals surface area contributed by atoms with Crippen molar-refractivity contribution in [2.75, 3.05) is 25.5 Å². The summed E-state index contributed by atoms with van der Waals surface area (Å²) in [4.78, 5) is 30.7. The predicted octanol–water partition coefficient (Wildman–Crippen LogP) is 2.36. The zero-order valence-corrected chi connectivity index (χ0v) is 14.6. The number of carbonyl (C=O) groups excluding carboxylic acids is 2. The van der Waals surface area contributed by atoms with Crippen molar-refractivity contribution < 1.29 is 14.0 Å². The molecule has 6 nitrogen and oxygen atoms in total. The lowest BCUT2D eigenvalue weighted by Crippen LogP contribution is -2.43. The summed E-state index contributed by atoms with van der Waals surface area (Å²) in [7, 11) is 2.06. The van der Waals surface area contributed by atoms with Crippen molar-refractivity contribution >= 4 is 28.3 Å². The first-order valence-corrected chi connectivity index (χ1v) is 8.91. The number of rotatable bonds is 4. The molecule has 0 radical (unpaired) electrons. The smallest absolute Gasteiger partial charge is 0.271 e.